The highest BCUT2D eigenvalue weighted by Gasteiger charge is 2.23. The van der Waals surface area contributed by atoms with Crippen LogP contribution in [0.15, 0.2) is 53.3 Å². The van der Waals surface area contributed by atoms with Gasteiger partial charge in [-0.05, 0) is 63.1 Å². The highest BCUT2D eigenvalue weighted by molar-refractivity contribution is 9.10. The third-order valence-corrected chi connectivity index (χ3v) is 5.20. The van der Waals surface area contributed by atoms with Crippen LogP contribution in [0.5, 0.6) is 5.75 Å². The summed E-state index contributed by atoms with van der Waals surface area (Å²) in [4.78, 5) is 14.5. The van der Waals surface area contributed by atoms with Crippen molar-refractivity contribution in [3.05, 3.63) is 91.8 Å². The molecule has 0 fully saturated rings. The van der Waals surface area contributed by atoms with Gasteiger partial charge in [0.15, 0.2) is 11.9 Å². The molecule has 0 saturated heterocycles. The van der Waals surface area contributed by atoms with Crippen molar-refractivity contribution >= 4 is 21.7 Å². The van der Waals surface area contributed by atoms with E-state index in [1.165, 1.54) is 24.4 Å². The van der Waals surface area contributed by atoms with Crippen LogP contribution in [0.3, 0.4) is 0 Å². The normalized spacial score (nSPS) is 11.7. The lowest BCUT2D eigenvalue weighted by Gasteiger charge is -2.19. The molecule has 1 N–H and O–H groups in total. The van der Waals surface area contributed by atoms with Gasteiger partial charge >= 0.3 is 5.82 Å². The third kappa shape index (κ3) is 4.73. The van der Waals surface area contributed by atoms with E-state index in [1.54, 1.807) is 36.0 Å². The maximum absolute atomic E-state index is 14.2. The van der Waals surface area contributed by atoms with Gasteiger partial charge in [0.05, 0.1) is 15.9 Å². The Morgan fingerprint density at radius 2 is 2.18 bits per heavy atom. The van der Waals surface area contributed by atoms with Crippen molar-refractivity contribution in [1.29, 1.82) is 5.26 Å². The number of hydrogen-bond acceptors (Lipinski definition) is 7. The molecule has 4 rings (SSSR count). The SMILES string of the molecule is CC(Oc1cc(Br)cnc1[N+](=O)[O-])c1cc(F)ccc1-n1nccc1Cc1cc(C#N)n[nH]1. The van der Waals surface area contributed by atoms with Gasteiger partial charge in [-0.1, -0.05) is 0 Å². The first-order chi connectivity index (χ1) is 15.9. The zero-order chi connectivity index (χ0) is 23.5. The Labute approximate surface area is 194 Å². The fourth-order valence-corrected chi connectivity index (χ4v) is 3.63. The number of halogens is 2. The quantitative estimate of drug-likeness (QED) is 0.286. The zero-order valence-electron chi connectivity index (χ0n) is 17.1. The molecular weight excluding hydrogens is 497 g/mol. The van der Waals surface area contributed by atoms with E-state index in [0.717, 1.165) is 5.69 Å². The summed E-state index contributed by atoms with van der Waals surface area (Å²) in [5.41, 5.74) is 2.69. The van der Waals surface area contributed by atoms with Gasteiger partial charge in [0.2, 0.25) is 5.75 Å². The number of aromatic amines is 1. The largest absolute Gasteiger partial charge is 0.478 e. The summed E-state index contributed by atoms with van der Waals surface area (Å²) < 4.78 is 22.2. The van der Waals surface area contributed by atoms with Gasteiger partial charge in [0.1, 0.15) is 18.0 Å². The van der Waals surface area contributed by atoms with E-state index in [2.05, 4.69) is 36.2 Å². The standard InChI is InChI=1S/C21H15BrFN7O3/c1-12(33-20-6-13(22)11-25-21(20)30(31)32)18-7-14(23)2-3-19(18)29-17(4-5-26-29)9-15-8-16(10-24)28-27-15/h2-8,11-12H,9H2,1H3,(H,27,28). The summed E-state index contributed by atoms with van der Waals surface area (Å²) in [6, 6.07) is 11.0. The maximum Gasteiger partial charge on any atom is 0.406 e. The molecule has 0 saturated carbocycles. The molecule has 10 nitrogen and oxygen atoms in total. The minimum absolute atomic E-state index is 0.0562. The molecular formula is C21H15BrFN7O3. The zero-order valence-corrected chi connectivity index (χ0v) is 18.7. The molecule has 0 aliphatic rings. The van der Waals surface area contributed by atoms with Crippen molar-refractivity contribution in [1.82, 2.24) is 25.0 Å². The average Bonchev–Trinajstić information content (AvgIpc) is 3.43. The molecule has 166 valence electrons. The molecule has 1 unspecified atom stereocenters. The fraction of sp³-hybridized carbons (Fsp3) is 0.143. The Kier molecular flexibility index (Phi) is 6.14. The molecule has 3 heterocycles. The van der Waals surface area contributed by atoms with Crippen LogP contribution in [0.25, 0.3) is 5.69 Å². The third-order valence-electron chi connectivity index (χ3n) is 4.77. The van der Waals surface area contributed by atoms with Crippen LogP contribution in [0.1, 0.15) is 35.7 Å². The Morgan fingerprint density at radius 1 is 1.36 bits per heavy atom. The molecule has 0 amide bonds. The van der Waals surface area contributed by atoms with Crippen LogP contribution in [-0.2, 0) is 6.42 Å². The summed E-state index contributed by atoms with van der Waals surface area (Å²) in [5.74, 6) is -0.999. The Hall–Kier alpha value is -4.11. The minimum Gasteiger partial charge on any atom is -0.478 e. The van der Waals surface area contributed by atoms with Gasteiger partial charge in [0, 0.05) is 29.9 Å². The monoisotopic (exact) mass is 511 g/mol. The number of nitro groups is 1. The van der Waals surface area contributed by atoms with Crippen molar-refractivity contribution in [3.63, 3.8) is 0 Å². The lowest BCUT2D eigenvalue weighted by molar-refractivity contribution is -0.390. The lowest BCUT2D eigenvalue weighted by atomic mass is 10.1. The molecule has 12 heteroatoms. The van der Waals surface area contributed by atoms with E-state index in [1.807, 2.05) is 6.07 Å². The van der Waals surface area contributed by atoms with E-state index in [4.69, 9.17) is 10.00 Å². The van der Waals surface area contributed by atoms with Crippen LogP contribution < -0.4 is 4.74 Å². The van der Waals surface area contributed by atoms with Crippen LogP contribution in [0.4, 0.5) is 10.2 Å². The molecule has 1 aromatic carbocycles. The maximum atomic E-state index is 14.2. The molecule has 0 aliphatic heterocycles. The van der Waals surface area contributed by atoms with E-state index >= 15 is 0 Å². The summed E-state index contributed by atoms with van der Waals surface area (Å²) in [6.07, 6.45) is 2.51. The summed E-state index contributed by atoms with van der Waals surface area (Å²) >= 11 is 3.23. The highest BCUT2D eigenvalue weighted by atomic mass is 79.9. The number of hydrogen-bond donors (Lipinski definition) is 1. The molecule has 1 atom stereocenters. The van der Waals surface area contributed by atoms with Gasteiger partial charge in [0.25, 0.3) is 0 Å². The summed E-state index contributed by atoms with van der Waals surface area (Å²) in [7, 11) is 0. The van der Waals surface area contributed by atoms with Gasteiger partial charge in [-0.15, -0.1) is 0 Å². The lowest BCUT2D eigenvalue weighted by Crippen LogP contribution is -2.12. The van der Waals surface area contributed by atoms with Crippen LogP contribution in [0, 0.1) is 27.3 Å². The second-order valence-electron chi connectivity index (χ2n) is 7.00. The molecule has 33 heavy (non-hydrogen) atoms. The predicted molar refractivity (Wildman–Crippen MR) is 117 cm³/mol. The van der Waals surface area contributed by atoms with Crippen molar-refractivity contribution in [2.24, 2.45) is 0 Å². The first-order valence-electron chi connectivity index (χ1n) is 9.59. The number of rotatable bonds is 7. The molecule has 0 bridgehead atoms. The first-order valence-corrected chi connectivity index (χ1v) is 10.4. The molecule has 4 aromatic rings. The van der Waals surface area contributed by atoms with E-state index in [-0.39, 0.29) is 11.4 Å². The van der Waals surface area contributed by atoms with Crippen molar-refractivity contribution in [2.75, 3.05) is 0 Å². The molecule has 0 spiro atoms. The minimum atomic E-state index is -0.778. The fourth-order valence-electron chi connectivity index (χ4n) is 3.32. The van der Waals surface area contributed by atoms with Crippen molar-refractivity contribution in [2.45, 2.75) is 19.4 Å². The van der Waals surface area contributed by atoms with Crippen LogP contribution in [0.2, 0.25) is 0 Å². The average molecular weight is 512 g/mol. The molecule has 3 aromatic heterocycles. The Bertz CT molecular complexity index is 1380. The van der Waals surface area contributed by atoms with Gasteiger partial charge in [-0.2, -0.15) is 15.5 Å². The molecule has 0 aliphatic carbocycles. The van der Waals surface area contributed by atoms with Crippen LogP contribution in [-0.4, -0.2) is 29.9 Å². The smallest absolute Gasteiger partial charge is 0.406 e. The second kappa shape index (κ2) is 9.17. The molecule has 0 radical (unpaired) electrons. The number of nitrogens with zero attached hydrogens (tertiary/aromatic N) is 6. The summed E-state index contributed by atoms with van der Waals surface area (Å²) in [5, 5.41) is 31.4. The van der Waals surface area contributed by atoms with Crippen LogP contribution >= 0.6 is 15.9 Å². The first kappa shape index (κ1) is 22.1. The number of pyridine rings is 1. The van der Waals surface area contributed by atoms with Crippen molar-refractivity contribution < 1.29 is 14.1 Å². The topological polar surface area (TPSA) is 136 Å². The number of nitrogens with one attached hydrogen (secondary N) is 1. The second-order valence-corrected chi connectivity index (χ2v) is 7.91. The number of nitriles is 1. The number of aromatic nitrogens is 5. The number of ether oxygens (including phenoxy) is 1. The van der Waals surface area contributed by atoms with Crippen molar-refractivity contribution in [3.8, 4) is 17.5 Å². The van der Waals surface area contributed by atoms with E-state index in [0.29, 0.717) is 27.8 Å². The van der Waals surface area contributed by atoms with Gasteiger partial charge < -0.3 is 14.9 Å². The number of H-pyrrole nitrogens is 1. The van der Waals surface area contributed by atoms with E-state index in [9.17, 15) is 14.5 Å². The Balaban J connectivity index is 1.70. The van der Waals surface area contributed by atoms with E-state index < -0.39 is 22.7 Å². The van der Waals surface area contributed by atoms with Gasteiger partial charge in [-0.3, -0.25) is 5.10 Å². The number of benzene rings is 1. The Morgan fingerprint density at radius 3 is 2.91 bits per heavy atom. The highest BCUT2D eigenvalue weighted by Crippen LogP contribution is 2.33. The van der Waals surface area contributed by atoms with Gasteiger partial charge in [-0.25, -0.2) is 9.07 Å². The summed E-state index contributed by atoms with van der Waals surface area (Å²) in [6.45, 7) is 1.65. The predicted octanol–water partition coefficient (Wildman–Crippen LogP) is 4.40.